The number of likely N-dealkylation sites (N-methyl/N-ethyl adjacent to an activating group) is 1. The first-order valence-electron chi connectivity index (χ1n) is 7.94. The van der Waals surface area contributed by atoms with Crippen molar-refractivity contribution in [3.63, 3.8) is 0 Å². The van der Waals surface area contributed by atoms with Gasteiger partial charge in [0.05, 0.1) is 21.8 Å². The first-order chi connectivity index (χ1) is 11.4. The topological polar surface area (TPSA) is 69.7 Å². The van der Waals surface area contributed by atoms with E-state index in [0.29, 0.717) is 18.0 Å². The van der Waals surface area contributed by atoms with Crippen LogP contribution in [0.5, 0.6) is 0 Å². The fourth-order valence-corrected chi connectivity index (χ4v) is 3.43. The van der Waals surface area contributed by atoms with Crippen molar-refractivity contribution in [2.75, 3.05) is 33.2 Å². The van der Waals surface area contributed by atoms with Gasteiger partial charge in [0.2, 0.25) is 11.8 Å². The molecular weight excluding hydrogens is 394 g/mol. The summed E-state index contributed by atoms with van der Waals surface area (Å²) in [6.07, 6.45) is 1.60. The van der Waals surface area contributed by atoms with Gasteiger partial charge >= 0.3 is 0 Å². The Hall–Kier alpha value is -1.41. The molecule has 24 heavy (non-hydrogen) atoms. The number of carbonyl (C=O) groups is 3. The number of nitrogens with one attached hydrogen (secondary N) is 1. The summed E-state index contributed by atoms with van der Waals surface area (Å²) in [4.78, 5) is 40.0. The maximum atomic E-state index is 12.4. The third kappa shape index (κ3) is 6.60. The van der Waals surface area contributed by atoms with Crippen molar-refractivity contribution >= 4 is 45.0 Å². The van der Waals surface area contributed by atoms with Crippen molar-refractivity contribution in [3.8, 4) is 0 Å². The number of hydrogen-bond donors (Lipinski definition) is 1. The van der Waals surface area contributed by atoms with Crippen LogP contribution in [0.2, 0.25) is 0 Å². The number of amides is 3. The molecule has 1 N–H and O–H groups in total. The van der Waals surface area contributed by atoms with E-state index in [1.165, 1.54) is 21.1 Å². The minimum absolute atomic E-state index is 0.0270. The van der Waals surface area contributed by atoms with Gasteiger partial charge in [-0.1, -0.05) is 13.8 Å². The molecule has 1 heterocycles. The summed E-state index contributed by atoms with van der Waals surface area (Å²) in [6, 6.07) is 3.52. The van der Waals surface area contributed by atoms with Gasteiger partial charge in [0, 0.05) is 20.1 Å². The van der Waals surface area contributed by atoms with Crippen molar-refractivity contribution in [1.82, 2.24) is 15.1 Å². The minimum atomic E-state index is -0.227. The SMILES string of the molecule is CCCNC(=O)CN(CCC)C(=O)CN(C)C(=O)c1ccc(Br)s1. The van der Waals surface area contributed by atoms with Crippen LogP contribution in [-0.2, 0) is 9.59 Å². The molecule has 0 saturated heterocycles. The fourth-order valence-electron chi connectivity index (χ4n) is 2.05. The minimum Gasteiger partial charge on any atom is -0.355 e. The molecule has 0 saturated carbocycles. The molecule has 3 amide bonds. The zero-order chi connectivity index (χ0) is 18.1. The van der Waals surface area contributed by atoms with Crippen molar-refractivity contribution in [2.45, 2.75) is 26.7 Å². The molecule has 0 aliphatic rings. The van der Waals surface area contributed by atoms with Crippen LogP contribution in [0.4, 0.5) is 0 Å². The molecule has 6 nitrogen and oxygen atoms in total. The lowest BCUT2D eigenvalue weighted by molar-refractivity contribution is -0.136. The summed E-state index contributed by atoms with van der Waals surface area (Å²) in [6.45, 7) is 4.99. The third-order valence-electron chi connectivity index (χ3n) is 3.26. The molecule has 0 aromatic carbocycles. The predicted molar refractivity (Wildman–Crippen MR) is 99.2 cm³/mol. The van der Waals surface area contributed by atoms with Crippen LogP contribution in [0.1, 0.15) is 36.4 Å². The summed E-state index contributed by atoms with van der Waals surface area (Å²) < 4.78 is 0.866. The lowest BCUT2D eigenvalue weighted by atomic mass is 10.3. The van der Waals surface area contributed by atoms with Crippen molar-refractivity contribution in [3.05, 3.63) is 20.8 Å². The summed E-state index contributed by atoms with van der Waals surface area (Å²) in [5.41, 5.74) is 0. The van der Waals surface area contributed by atoms with E-state index < -0.39 is 0 Å². The molecule has 0 radical (unpaired) electrons. The highest BCUT2D eigenvalue weighted by molar-refractivity contribution is 9.11. The van der Waals surface area contributed by atoms with E-state index in [-0.39, 0.29) is 30.8 Å². The van der Waals surface area contributed by atoms with E-state index in [0.717, 1.165) is 16.6 Å². The molecule has 1 aromatic heterocycles. The Morgan fingerprint density at radius 1 is 1.17 bits per heavy atom. The van der Waals surface area contributed by atoms with Crippen LogP contribution in [0.15, 0.2) is 15.9 Å². The molecular formula is C16H24BrN3O3S. The molecule has 0 spiro atoms. The van der Waals surface area contributed by atoms with Gasteiger partial charge in [0.1, 0.15) is 0 Å². The summed E-state index contributed by atoms with van der Waals surface area (Å²) in [7, 11) is 1.59. The Morgan fingerprint density at radius 2 is 1.88 bits per heavy atom. The van der Waals surface area contributed by atoms with Crippen LogP contribution >= 0.6 is 27.3 Å². The third-order valence-corrected chi connectivity index (χ3v) is 4.87. The molecule has 0 unspecified atom stereocenters. The number of nitrogens with zero attached hydrogens (tertiary/aromatic N) is 2. The highest BCUT2D eigenvalue weighted by atomic mass is 79.9. The number of carbonyl (C=O) groups excluding carboxylic acids is 3. The second kappa shape index (κ2) is 10.5. The zero-order valence-corrected chi connectivity index (χ0v) is 16.7. The number of rotatable bonds is 9. The Morgan fingerprint density at radius 3 is 2.42 bits per heavy atom. The molecule has 0 atom stereocenters. The Kier molecular flexibility index (Phi) is 8.99. The average molecular weight is 418 g/mol. The van der Waals surface area contributed by atoms with E-state index in [1.807, 2.05) is 13.8 Å². The van der Waals surface area contributed by atoms with Crippen LogP contribution < -0.4 is 5.32 Å². The van der Waals surface area contributed by atoms with Gasteiger partial charge in [0.15, 0.2) is 0 Å². The normalized spacial score (nSPS) is 10.3. The van der Waals surface area contributed by atoms with Crippen LogP contribution in [0, 0.1) is 0 Å². The Balaban J connectivity index is 2.63. The van der Waals surface area contributed by atoms with Crippen molar-refractivity contribution < 1.29 is 14.4 Å². The first-order valence-corrected chi connectivity index (χ1v) is 9.55. The van der Waals surface area contributed by atoms with Gasteiger partial charge < -0.3 is 15.1 Å². The largest absolute Gasteiger partial charge is 0.355 e. The van der Waals surface area contributed by atoms with Crippen LogP contribution in [0.3, 0.4) is 0 Å². The van der Waals surface area contributed by atoms with Gasteiger partial charge in [-0.25, -0.2) is 0 Å². The monoisotopic (exact) mass is 417 g/mol. The molecule has 1 aromatic rings. The van der Waals surface area contributed by atoms with Gasteiger partial charge in [-0.15, -0.1) is 11.3 Å². The van der Waals surface area contributed by atoms with Gasteiger partial charge in [-0.3, -0.25) is 14.4 Å². The average Bonchev–Trinajstić information content (AvgIpc) is 2.98. The summed E-state index contributed by atoms with van der Waals surface area (Å²) >= 11 is 4.65. The molecule has 0 aliphatic heterocycles. The summed E-state index contributed by atoms with van der Waals surface area (Å²) in [5.74, 6) is -0.601. The van der Waals surface area contributed by atoms with Crippen molar-refractivity contribution in [1.29, 1.82) is 0 Å². The van der Waals surface area contributed by atoms with Crippen molar-refractivity contribution in [2.24, 2.45) is 0 Å². The standard InChI is InChI=1S/C16H24BrN3O3S/c1-4-8-18-14(21)10-20(9-5-2)15(22)11-19(3)16(23)12-6-7-13(17)24-12/h6-7H,4-5,8-11H2,1-3H3,(H,18,21). The number of thiophene rings is 1. The second-order valence-corrected chi connectivity index (χ2v) is 7.89. The predicted octanol–water partition coefficient (Wildman–Crippen LogP) is 2.35. The molecule has 0 bridgehead atoms. The van der Waals surface area contributed by atoms with E-state index in [4.69, 9.17) is 0 Å². The van der Waals surface area contributed by atoms with E-state index in [9.17, 15) is 14.4 Å². The lowest BCUT2D eigenvalue weighted by Gasteiger charge is -2.24. The molecule has 134 valence electrons. The van der Waals surface area contributed by atoms with E-state index in [1.54, 1.807) is 19.2 Å². The molecule has 0 fully saturated rings. The number of hydrogen-bond acceptors (Lipinski definition) is 4. The molecule has 8 heteroatoms. The smallest absolute Gasteiger partial charge is 0.264 e. The maximum absolute atomic E-state index is 12.4. The van der Waals surface area contributed by atoms with Crippen LogP contribution in [0.25, 0.3) is 0 Å². The Labute approximate surface area is 155 Å². The second-order valence-electron chi connectivity index (χ2n) is 5.43. The lowest BCUT2D eigenvalue weighted by Crippen LogP contribution is -2.45. The fraction of sp³-hybridized carbons (Fsp3) is 0.562. The number of halogens is 1. The molecule has 0 aliphatic carbocycles. The zero-order valence-electron chi connectivity index (χ0n) is 14.3. The first kappa shape index (κ1) is 20.6. The highest BCUT2D eigenvalue weighted by Crippen LogP contribution is 2.23. The quantitative estimate of drug-likeness (QED) is 0.670. The highest BCUT2D eigenvalue weighted by Gasteiger charge is 2.21. The van der Waals surface area contributed by atoms with Gasteiger partial charge in [-0.05, 0) is 40.9 Å². The van der Waals surface area contributed by atoms with E-state index >= 15 is 0 Å². The maximum Gasteiger partial charge on any atom is 0.264 e. The van der Waals surface area contributed by atoms with Crippen LogP contribution in [-0.4, -0.2) is 60.7 Å². The Bertz CT molecular complexity index is 577. The van der Waals surface area contributed by atoms with Gasteiger partial charge in [0.25, 0.3) is 5.91 Å². The summed E-state index contributed by atoms with van der Waals surface area (Å²) in [5, 5.41) is 2.76. The molecule has 1 rings (SSSR count). The van der Waals surface area contributed by atoms with E-state index in [2.05, 4.69) is 21.2 Å². The van der Waals surface area contributed by atoms with Gasteiger partial charge in [-0.2, -0.15) is 0 Å².